The van der Waals surface area contributed by atoms with Crippen LogP contribution in [0.25, 0.3) is 0 Å². The number of hydrogen-bond acceptors (Lipinski definition) is 2. The van der Waals surface area contributed by atoms with Gasteiger partial charge in [0.15, 0.2) is 0 Å². The van der Waals surface area contributed by atoms with E-state index in [9.17, 15) is 9.90 Å². The zero-order chi connectivity index (χ0) is 14.4. The lowest BCUT2D eigenvalue weighted by molar-refractivity contribution is -0.141. The second-order valence-corrected chi connectivity index (χ2v) is 5.58. The number of hydrogen-bond donors (Lipinski definition) is 1. The van der Waals surface area contributed by atoms with Crippen LogP contribution < -0.4 is 0 Å². The quantitative estimate of drug-likeness (QED) is 0.876. The van der Waals surface area contributed by atoms with Crippen molar-refractivity contribution in [3.8, 4) is 0 Å². The largest absolute Gasteiger partial charge is 0.481 e. The molecule has 1 atom stereocenters. The molecule has 1 N–H and O–H groups in total. The van der Waals surface area contributed by atoms with Crippen molar-refractivity contribution < 1.29 is 9.90 Å². The normalized spacial score (nSPS) is 12.1. The van der Waals surface area contributed by atoms with E-state index in [1.54, 1.807) is 12.4 Å². The van der Waals surface area contributed by atoms with Gasteiger partial charge in [0.25, 0.3) is 0 Å². The van der Waals surface area contributed by atoms with Crippen LogP contribution in [0.1, 0.15) is 17.5 Å². The van der Waals surface area contributed by atoms with E-state index < -0.39 is 5.97 Å². The fraction of sp³-hybridized carbons (Fsp3) is 0.250. The van der Waals surface area contributed by atoms with Gasteiger partial charge in [-0.15, -0.1) is 0 Å². The fourth-order valence-corrected chi connectivity index (χ4v) is 2.58. The minimum Gasteiger partial charge on any atom is -0.481 e. The third-order valence-corrected chi connectivity index (χ3v) is 4.05. The van der Waals surface area contributed by atoms with Crippen LogP contribution in [0, 0.1) is 5.92 Å². The molecule has 1 aromatic heterocycles. The number of pyridine rings is 1. The Balaban J connectivity index is 2.01. The summed E-state index contributed by atoms with van der Waals surface area (Å²) in [5.41, 5.74) is 2.11. The molecular formula is C16H16BrNO2. The van der Waals surface area contributed by atoms with Gasteiger partial charge >= 0.3 is 5.97 Å². The zero-order valence-electron chi connectivity index (χ0n) is 11.0. The van der Waals surface area contributed by atoms with Gasteiger partial charge in [0, 0.05) is 16.9 Å². The average molecular weight is 334 g/mol. The summed E-state index contributed by atoms with van der Waals surface area (Å²) in [7, 11) is 0. The number of halogens is 1. The SMILES string of the molecule is O=C(O)C(CCc1cccnc1)Cc1ccccc1Br. The van der Waals surface area contributed by atoms with E-state index in [1.807, 2.05) is 36.4 Å². The number of carbonyl (C=O) groups is 1. The summed E-state index contributed by atoms with van der Waals surface area (Å²) in [4.78, 5) is 15.5. The standard InChI is InChI=1S/C16H16BrNO2/c17-15-6-2-1-5-13(15)10-14(16(19)20)8-7-12-4-3-9-18-11-12/h1-6,9,11,14H,7-8,10H2,(H,19,20). The Hall–Kier alpha value is -1.68. The number of benzene rings is 1. The van der Waals surface area contributed by atoms with E-state index in [0.29, 0.717) is 12.8 Å². The Bertz CT molecular complexity index is 572. The highest BCUT2D eigenvalue weighted by Crippen LogP contribution is 2.22. The van der Waals surface area contributed by atoms with Crippen molar-refractivity contribution in [2.24, 2.45) is 5.92 Å². The highest BCUT2D eigenvalue weighted by molar-refractivity contribution is 9.10. The Morgan fingerprint density at radius 1 is 1.25 bits per heavy atom. The molecule has 1 heterocycles. The second kappa shape index (κ2) is 7.20. The third kappa shape index (κ3) is 4.17. The van der Waals surface area contributed by atoms with Crippen LogP contribution in [-0.2, 0) is 17.6 Å². The summed E-state index contributed by atoms with van der Waals surface area (Å²) in [6.45, 7) is 0. The van der Waals surface area contributed by atoms with E-state index >= 15 is 0 Å². The molecule has 0 amide bonds. The maximum absolute atomic E-state index is 11.4. The van der Waals surface area contributed by atoms with Crippen molar-refractivity contribution in [2.75, 3.05) is 0 Å². The number of carboxylic acids is 1. The van der Waals surface area contributed by atoms with Crippen molar-refractivity contribution in [1.82, 2.24) is 4.98 Å². The molecule has 1 unspecified atom stereocenters. The number of rotatable bonds is 6. The highest BCUT2D eigenvalue weighted by atomic mass is 79.9. The van der Waals surface area contributed by atoms with Crippen LogP contribution in [-0.4, -0.2) is 16.1 Å². The summed E-state index contributed by atoms with van der Waals surface area (Å²) in [5, 5.41) is 9.37. The van der Waals surface area contributed by atoms with Crippen molar-refractivity contribution in [3.05, 3.63) is 64.4 Å². The molecule has 2 aromatic rings. The number of aromatic nitrogens is 1. The number of nitrogens with zero attached hydrogens (tertiary/aromatic N) is 1. The van der Waals surface area contributed by atoms with E-state index in [2.05, 4.69) is 20.9 Å². The minimum atomic E-state index is -0.746. The number of carboxylic acid groups (broad SMARTS) is 1. The minimum absolute atomic E-state index is 0.381. The second-order valence-electron chi connectivity index (χ2n) is 4.73. The Kier molecular flexibility index (Phi) is 5.30. The van der Waals surface area contributed by atoms with Crippen molar-refractivity contribution in [1.29, 1.82) is 0 Å². The van der Waals surface area contributed by atoms with Gasteiger partial charge in [0.05, 0.1) is 5.92 Å². The molecule has 3 nitrogen and oxygen atoms in total. The Labute approximate surface area is 126 Å². The van der Waals surface area contributed by atoms with E-state index in [4.69, 9.17) is 0 Å². The highest BCUT2D eigenvalue weighted by Gasteiger charge is 2.19. The van der Waals surface area contributed by atoms with Crippen LogP contribution in [0.5, 0.6) is 0 Å². The van der Waals surface area contributed by atoms with Gasteiger partial charge in [0.1, 0.15) is 0 Å². The molecule has 4 heteroatoms. The summed E-state index contributed by atoms with van der Waals surface area (Å²) >= 11 is 3.47. The monoisotopic (exact) mass is 333 g/mol. The van der Waals surface area contributed by atoms with Gasteiger partial charge in [-0.1, -0.05) is 40.2 Å². The molecule has 1 aromatic carbocycles. The molecule has 0 radical (unpaired) electrons. The fourth-order valence-electron chi connectivity index (χ4n) is 2.13. The molecule has 0 bridgehead atoms. The lowest BCUT2D eigenvalue weighted by atomic mass is 9.93. The van der Waals surface area contributed by atoms with Crippen LogP contribution in [0.2, 0.25) is 0 Å². The lowest BCUT2D eigenvalue weighted by Crippen LogP contribution is -2.17. The van der Waals surface area contributed by atoms with E-state index in [0.717, 1.165) is 22.0 Å². The molecular weight excluding hydrogens is 318 g/mol. The first-order valence-electron chi connectivity index (χ1n) is 6.52. The molecule has 0 aliphatic heterocycles. The predicted molar refractivity (Wildman–Crippen MR) is 81.5 cm³/mol. The smallest absolute Gasteiger partial charge is 0.306 e. The summed E-state index contributed by atoms with van der Waals surface area (Å²) < 4.78 is 0.965. The summed E-state index contributed by atoms with van der Waals surface area (Å²) in [6.07, 6.45) is 5.39. The van der Waals surface area contributed by atoms with Crippen LogP contribution in [0.4, 0.5) is 0 Å². The van der Waals surface area contributed by atoms with Crippen molar-refractivity contribution >= 4 is 21.9 Å². The van der Waals surface area contributed by atoms with Crippen molar-refractivity contribution in [2.45, 2.75) is 19.3 Å². The number of aliphatic carboxylic acids is 1. The first-order valence-corrected chi connectivity index (χ1v) is 7.31. The first kappa shape index (κ1) is 14.7. The molecule has 0 saturated carbocycles. The maximum Gasteiger partial charge on any atom is 0.306 e. The van der Waals surface area contributed by atoms with Crippen molar-refractivity contribution in [3.63, 3.8) is 0 Å². The van der Waals surface area contributed by atoms with E-state index in [-0.39, 0.29) is 5.92 Å². The Morgan fingerprint density at radius 3 is 2.70 bits per heavy atom. The first-order chi connectivity index (χ1) is 9.66. The predicted octanol–water partition coefficient (Wildman–Crippen LogP) is 3.72. The van der Waals surface area contributed by atoms with Gasteiger partial charge < -0.3 is 5.11 Å². The molecule has 0 fully saturated rings. The molecule has 20 heavy (non-hydrogen) atoms. The average Bonchev–Trinajstić information content (AvgIpc) is 2.46. The van der Waals surface area contributed by atoms with Gasteiger partial charge in [0.2, 0.25) is 0 Å². The maximum atomic E-state index is 11.4. The molecule has 104 valence electrons. The third-order valence-electron chi connectivity index (χ3n) is 3.28. The molecule has 0 saturated heterocycles. The zero-order valence-corrected chi connectivity index (χ0v) is 12.6. The Morgan fingerprint density at radius 2 is 2.05 bits per heavy atom. The van der Waals surface area contributed by atoms with Gasteiger partial charge in [-0.25, -0.2) is 0 Å². The van der Waals surface area contributed by atoms with Crippen LogP contribution in [0.3, 0.4) is 0 Å². The molecule has 0 spiro atoms. The van der Waals surface area contributed by atoms with Gasteiger partial charge in [-0.05, 0) is 42.5 Å². The summed E-state index contributed by atoms with van der Waals surface area (Å²) in [5.74, 6) is -1.13. The summed E-state index contributed by atoms with van der Waals surface area (Å²) in [6, 6.07) is 11.6. The van der Waals surface area contributed by atoms with Gasteiger partial charge in [-0.3, -0.25) is 9.78 Å². The topological polar surface area (TPSA) is 50.2 Å². The number of aryl methyl sites for hydroxylation is 1. The van der Waals surface area contributed by atoms with E-state index in [1.165, 1.54) is 0 Å². The molecule has 0 aliphatic rings. The molecule has 0 aliphatic carbocycles. The van der Waals surface area contributed by atoms with Crippen LogP contribution in [0.15, 0.2) is 53.3 Å². The molecule has 2 rings (SSSR count). The van der Waals surface area contributed by atoms with Gasteiger partial charge in [-0.2, -0.15) is 0 Å². The van der Waals surface area contributed by atoms with Crippen LogP contribution >= 0.6 is 15.9 Å². The lowest BCUT2D eigenvalue weighted by Gasteiger charge is -2.13.